The minimum atomic E-state index is -0.931. The van der Waals surface area contributed by atoms with Crippen LogP contribution in [0.1, 0.15) is 16.2 Å². The van der Waals surface area contributed by atoms with Gasteiger partial charge in [0.2, 0.25) is 0 Å². The minimum absolute atomic E-state index is 0.273. The first-order valence-corrected chi connectivity index (χ1v) is 6.42. The zero-order chi connectivity index (χ0) is 14.3. The van der Waals surface area contributed by atoms with Crippen LogP contribution in [0, 0.1) is 0 Å². The lowest BCUT2D eigenvalue weighted by Gasteiger charge is -2.06. The number of aromatic carboxylic acids is 1. The summed E-state index contributed by atoms with van der Waals surface area (Å²) in [4.78, 5) is 15.3. The van der Waals surface area contributed by atoms with Crippen LogP contribution in [-0.4, -0.2) is 25.2 Å². The molecule has 0 bridgehead atoms. The van der Waals surface area contributed by atoms with E-state index in [0.29, 0.717) is 11.7 Å². The molecule has 0 fully saturated rings. The number of hydrogen-bond donors (Lipinski definition) is 1. The molecule has 1 aromatic carbocycles. The van der Waals surface area contributed by atoms with Crippen molar-refractivity contribution in [3.63, 3.8) is 0 Å². The van der Waals surface area contributed by atoms with Crippen LogP contribution in [0.25, 0.3) is 10.9 Å². The van der Waals surface area contributed by atoms with E-state index in [-0.39, 0.29) is 5.56 Å². The third-order valence-corrected chi connectivity index (χ3v) is 3.71. The van der Waals surface area contributed by atoms with Crippen LogP contribution >= 0.6 is 11.6 Å². The third kappa shape index (κ3) is 2.06. The number of halogens is 1. The smallest absolute Gasteiger partial charge is 0.335 e. The Balaban J connectivity index is 2.05. The normalized spacial score (nSPS) is 11.1. The second-order valence-corrected chi connectivity index (χ2v) is 4.97. The molecule has 5 nitrogen and oxygen atoms in total. The van der Waals surface area contributed by atoms with E-state index >= 15 is 0 Å². The van der Waals surface area contributed by atoms with Crippen molar-refractivity contribution in [3.05, 3.63) is 53.2 Å². The molecular weight excluding hydrogens is 278 g/mol. The molecule has 6 heteroatoms. The van der Waals surface area contributed by atoms with Crippen LogP contribution in [0.2, 0.25) is 5.15 Å². The van der Waals surface area contributed by atoms with Crippen LogP contribution in [0.4, 0.5) is 0 Å². The number of aromatic nitrogens is 3. The van der Waals surface area contributed by atoms with Gasteiger partial charge in [-0.25, -0.2) is 9.78 Å². The van der Waals surface area contributed by atoms with E-state index in [9.17, 15) is 4.79 Å². The molecule has 0 aliphatic rings. The lowest BCUT2D eigenvalue weighted by Crippen LogP contribution is -2.05. The molecule has 0 aliphatic heterocycles. The van der Waals surface area contributed by atoms with E-state index in [1.165, 1.54) is 0 Å². The van der Waals surface area contributed by atoms with Crippen molar-refractivity contribution in [2.75, 3.05) is 0 Å². The molecule has 0 radical (unpaired) electrons. The van der Waals surface area contributed by atoms with Crippen molar-refractivity contribution in [1.29, 1.82) is 0 Å². The zero-order valence-corrected chi connectivity index (χ0v) is 11.5. The molecule has 102 valence electrons. The topological polar surface area (TPSA) is 60.0 Å². The van der Waals surface area contributed by atoms with Gasteiger partial charge in [-0.3, -0.25) is 0 Å². The molecule has 3 aromatic rings. The fourth-order valence-electron chi connectivity index (χ4n) is 2.18. The van der Waals surface area contributed by atoms with E-state index < -0.39 is 5.97 Å². The number of hydrogen-bond acceptors (Lipinski definition) is 2. The SMILES string of the molecule is Cn1c(Cl)cnc1Cn1ccc2ccc(C(=O)O)cc21. The largest absolute Gasteiger partial charge is 0.478 e. The lowest BCUT2D eigenvalue weighted by atomic mass is 10.1. The molecule has 0 saturated carbocycles. The standard InChI is InChI=1S/C14H12ClN3O2/c1-17-12(15)7-16-13(17)8-18-5-4-9-2-3-10(14(19)20)6-11(9)18/h2-7H,8H2,1H3,(H,19,20). The third-order valence-electron chi connectivity index (χ3n) is 3.36. The number of fused-ring (bicyclic) bond motifs is 1. The molecule has 2 aromatic heterocycles. The molecule has 0 unspecified atom stereocenters. The van der Waals surface area contributed by atoms with Crippen molar-refractivity contribution in [2.24, 2.45) is 7.05 Å². The summed E-state index contributed by atoms with van der Waals surface area (Å²) in [6.45, 7) is 0.537. The van der Waals surface area contributed by atoms with Gasteiger partial charge in [-0.15, -0.1) is 0 Å². The Morgan fingerprint density at radius 1 is 1.40 bits per heavy atom. The Bertz CT molecular complexity index is 804. The maximum absolute atomic E-state index is 11.1. The van der Waals surface area contributed by atoms with Gasteiger partial charge in [-0.05, 0) is 23.6 Å². The van der Waals surface area contributed by atoms with Crippen molar-refractivity contribution in [1.82, 2.24) is 14.1 Å². The van der Waals surface area contributed by atoms with Gasteiger partial charge in [0.15, 0.2) is 0 Å². The highest BCUT2D eigenvalue weighted by Gasteiger charge is 2.10. The fraction of sp³-hybridized carbons (Fsp3) is 0.143. The first-order valence-electron chi connectivity index (χ1n) is 6.04. The van der Waals surface area contributed by atoms with Crippen LogP contribution in [0.3, 0.4) is 0 Å². The molecule has 0 saturated heterocycles. The maximum atomic E-state index is 11.1. The van der Waals surface area contributed by atoms with Crippen LogP contribution in [-0.2, 0) is 13.6 Å². The highest BCUT2D eigenvalue weighted by atomic mass is 35.5. The van der Waals surface area contributed by atoms with E-state index in [2.05, 4.69) is 4.98 Å². The molecule has 0 spiro atoms. The van der Waals surface area contributed by atoms with E-state index in [1.807, 2.05) is 23.9 Å². The summed E-state index contributed by atoms with van der Waals surface area (Å²) in [6.07, 6.45) is 3.52. The summed E-state index contributed by atoms with van der Waals surface area (Å²) in [5.74, 6) is -0.118. The molecule has 3 rings (SSSR count). The molecule has 20 heavy (non-hydrogen) atoms. The van der Waals surface area contributed by atoms with Gasteiger partial charge < -0.3 is 14.2 Å². The van der Waals surface area contributed by atoms with E-state index in [4.69, 9.17) is 16.7 Å². The Labute approximate surface area is 120 Å². The predicted octanol–water partition coefficient (Wildman–Crippen LogP) is 2.77. The Kier molecular flexibility index (Phi) is 2.99. The van der Waals surface area contributed by atoms with Crippen molar-refractivity contribution >= 4 is 28.5 Å². The molecular formula is C14H12ClN3O2. The molecule has 1 N–H and O–H groups in total. The Morgan fingerprint density at radius 3 is 2.85 bits per heavy atom. The number of benzene rings is 1. The number of rotatable bonds is 3. The van der Waals surface area contributed by atoms with Gasteiger partial charge in [0.25, 0.3) is 0 Å². The van der Waals surface area contributed by atoms with Gasteiger partial charge in [0.05, 0.1) is 18.3 Å². The van der Waals surface area contributed by atoms with Crippen molar-refractivity contribution in [2.45, 2.75) is 6.54 Å². The van der Waals surface area contributed by atoms with Crippen LogP contribution < -0.4 is 0 Å². The van der Waals surface area contributed by atoms with Crippen LogP contribution in [0.5, 0.6) is 0 Å². The minimum Gasteiger partial charge on any atom is -0.478 e. The number of imidazole rings is 1. The summed E-state index contributed by atoms with van der Waals surface area (Å²) in [7, 11) is 1.85. The highest BCUT2D eigenvalue weighted by molar-refractivity contribution is 6.29. The van der Waals surface area contributed by atoms with Gasteiger partial charge >= 0.3 is 5.97 Å². The summed E-state index contributed by atoms with van der Waals surface area (Å²) in [5.41, 5.74) is 1.14. The maximum Gasteiger partial charge on any atom is 0.335 e. The molecule has 0 atom stereocenters. The average molecular weight is 290 g/mol. The van der Waals surface area contributed by atoms with Gasteiger partial charge in [0, 0.05) is 18.8 Å². The van der Waals surface area contributed by atoms with Crippen molar-refractivity contribution in [3.8, 4) is 0 Å². The Morgan fingerprint density at radius 2 is 2.20 bits per heavy atom. The number of carboxylic acid groups (broad SMARTS) is 1. The molecule has 2 heterocycles. The fourth-order valence-corrected chi connectivity index (χ4v) is 2.32. The first kappa shape index (κ1) is 12.7. The summed E-state index contributed by atoms with van der Waals surface area (Å²) < 4.78 is 3.76. The number of carbonyl (C=O) groups is 1. The summed E-state index contributed by atoms with van der Waals surface area (Å²) in [6, 6.07) is 7.03. The average Bonchev–Trinajstić information content (AvgIpc) is 2.97. The van der Waals surface area contributed by atoms with E-state index in [0.717, 1.165) is 16.7 Å². The summed E-state index contributed by atoms with van der Waals surface area (Å²) in [5, 5.41) is 10.6. The number of carboxylic acids is 1. The first-order chi connectivity index (χ1) is 9.56. The quantitative estimate of drug-likeness (QED) is 0.806. The van der Waals surface area contributed by atoms with Gasteiger partial charge in [0.1, 0.15) is 11.0 Å². The Hall–Kier alpha value is -2.27. The summed E-state index contributed by atoms with van der Waals surface area (Å²) >= 11 is 5.97. The zero-order valence-electron chi connectivity index (χ0n) is 10.7. The highest BCUT2D eigenvalue weighted by Crippen LogP contribution is 2.19. The van der Waals surface area contributed by atoms with E-state index in [1.54, 1.807) is 29.0 Å². The van der Waals surface area contributed by atoms with Gasteiger partial charge in [-0.1, -0.05) is 17.7 Å². The lowest BCUT2D eigenvalue weighted by molar-refractivity contribution is 0.0697. The second-order valence-electron chi connectivity index (χ2n) is 4.58. The molecule has 0 amide bonds. The van der Waals surface area contributed by atoms with Crippen molar-refractivity contribution < 1.29 is 9.90 Å². The molecule has 0 aliphatic carbocycles. The number of nitrogens with zero attached hydrogens (tertiary/aromatic N) is 3. The second kappa shape index (κ2) is 4.68. The van der Waals surface area contributed by atoms with Crippen LogP contribution in [0.15, 0.2) is 36.7 Å². The van der Waals surface area contributed by atoms with Gasteiger partial charge in [-0.2, -0.15) is 0 Å². The monoisotopic (exact) mass is 289 g/mol. The predicted molar refractivity (Wildman–Crippen MR) is 76.2 cm³/mol.